The zero-order chi connectivity index (χ0) is 14.3. The van der Waals surface area contributed by atoms with Crippen LogP contribution < -0.4 is 5.32 Å². The molecule has 0 radical (unpaired) electrons. The highest BCUT2D eigenvalue weighted by molar-refractivity contribution is 5.25. The Morgan fingerprint density at radius 2 is 1.79 bits per heavy atom. The van der Waals surface area contributed by atoms with Gasteiger partial charge in [0.1, 0.15) is 0 Å². The van der Waals surface area contributed by atoms with E-state index >= 15 is 0 Å². The zero-order valence-corrected chi connectivity index (χ0v) is 13.4. The minimum atomic E-state index is 0.580. The van der Waals surface area contributed by atoms with E-state index in [1.54, 1.807) is 0 Å². The zero-order valence-electron chi connectivity index (χ0n) is 13.4. The standard InChI is InChI=1S/C18H31N/c1-6-15(4)11-17(13-19-14(2)3)12-18-10-8-7-9-16(18)5/h7-10,14-15,17,19H,6,11-13H2,1-5H3. The van der Waals surface area contributed by atoms with Crippen molar-refractivity contribution in [2.75, 3.05) is 6.54 Å². The van der Waals surface area contributed by atoms with Gasteiger partial charge in [-0.1, -0.05) is 58.4 Å². The molecule has 0 bridgehead atoms. The van der Waals surface area contributed by atoms with Crippen molar-refractivity contribution in [3.8, 4) is 0 Å². The van der Waals surface area contributed by atoms with Gasteiger partial charge in [0.25, 0.3) is 0 Å². The summed E-state index contributed by atoms with van der Waals surface area (Å²) in [6.07, 6.45) is 3.81. The fourth-order valence-electron chi connectivity index (χ4n) is 2.53. The molecule has 108 valence electrons. The lowest BCUT2D eigenvalue weighted by Gasteiger charge is -2.23. The third kappa shape index (κ3) is 6.24. The third-order valence-corrected chi connectivity index (χ3v) is 4.02. The summed E-state index contributed by atoms with van der Waals surface area (Å²) in [4.78, 5) is 0. The van der Waals surface area contributed by atoms with Gasteiger partial charge in [-0.3, -0.25) is 0 Å². The van der Waals surface area contributed by atoms with Crippen LogP contribution in [-0.2, 0) is 6.42 Å². The molecule has 1 aromatic carbocycles. The quantitative estimate of drug-likeness (QED) is 0.722. The van der Waals surface area contributed by atoms with Crippen molar-refractivity contribution in [1.29, 1.82) is 0 Å². The monoisotopic (exact) mass is 261 g/mol. The van der Waals surface area contributed by atoms with E-state index in [0.717, 1.165) is 18.4 Å². The first kappa shape index (κ1) is 16.2. The summed E-state index contributed by atoms with van der Waals surface area (Å²) < 4.78 is 0. The molecule has 2 atom stereocenters. The predicted octanol–water partition coefficient (Wildman–Crippen LogP) is 4.59. The lowest BCUT2D eigenvalue weighted by Crippen LogP contribution is -2.31. The van der Waals surface area contributed by atoms with Gasteiger partial charge in [0.05, 0.1) is 0 Å². The van der Waals surface area contributed by atoms with Gasteiger partial charge >= 0.3 is 0 Å². The van der Waals surface area contributed by atoms with Crippen LogP contribution in [0.2, 0.25) is 0 Å². The Morgan fingerprint density at radius 3 is 2.37 bits per heavy atom. The Hall–Kier alpha value is -0.820. The minimum absolute atomic E-state index is 0.580. The van der Waals surface area contributed by atoms with Crippen molar-refractivity contribution >= 4 is 0 Å². The van der Waals surface area contributed by atoms with E-state index in [2.05, 4.69) is 64.2 Å². The molecule has 1 aromatic rings. The van der Waals surface area contributed by atoms with Crippen molar-refractivity contribution in [1.82, 2.24) is 5.32 Å². The van der Waals surface area contributed by atoms with E-state index in [9.17, 15) is 0 Å². The molecule has 0 aliphatic heterocycles. The lowest BCUT2D eigenvalue weighted by molar-refractivity contribution is 0.353. The van der Waals surface area contributed by atoms with Gasteiger partial charge in [-0.05, 0) is 49.3 Å². The molecule has 0 saturated carbocycles. The van der Waals surface area contributed by atoms with Crippen LogP contribution in [0.3, 0.4) is 0 Å². The van der Waals surface area contributed by atoms with E-state index < -0.39 is 0 Å². The van der Waals surface area contributed by atoms with Crippen LogP contribution in [0.25, 0.3) is 0 Å². The number of aryl methyl sites for hydroxylation is 1. The number of hydrogen-bond donors (Lipinski definition) is 1. The Bertz CT molecular complexity index is 356. The fraction of sp³-hybridized carbons (Fsp3) is 0.667. The van der Waals surface area contributed by atoms with Crippen molar-refractivity contribution in [2.45, 2.75) is 59.9 Å². The number of nitrogens with one attached hydrogen (secondary N) is 1. The van der Waals surface area contributed by atoms with Crippen molar-refractivity contribution < 1.29 is 0 Å². The van der Waals surface area contributed by atoms with Crippen molar-refractivity contribution in [3.63, 3.8) is 0 Å². The molecule has 1 rings (SSSR count). The van der Waals surface area contributed by atoms with Gasteiger partial charge in [0, 0.05) is 6.04 Å². The molecular weight excluding hydrogens is 230 g/mol. The van der Waals surface area contributed by atoms with Crippen LogP contribution in [0.4, 0.5) is 0 Å². The number of benzene rings is 1. The first-order valence-corrected chi connectivity index (χ1v) is 7.80. The summed E-state index contributed by atoms with van der Waals surface area (Å²) in [5, 5.41) is 3.61. The highest BCUT2D eigenvalue weighted by Crippen LogP contribution is 2.21. The lowest BCUT2D eigenvalue weighted by atomic mass is 9.87. The fourth-order valence-corrected chi connectivity index (χ4v) is 2.53. The topological polar surface area (TPSA) is 12.0 Å². The molecule has 1 nitrogen and oxygen atoms in total. The second kappa shape index (κ2) is 8.37. The van der Waals surface area contributed by atoms with E-state index in [1.807, 2.05) is 0 Å². The Morgan fingerprint density at radius 1 is 1.11 bits per heavy atom. The smallest absolute Gasteiger partial charge is 0.00104 e. The SMILES string of the molecule is CCC(C)CC(CNC(C)C)Cc1ccccc1C. The van der Waals surface area contributed by atoms with Gasteiger partial charge in [0.2, 0.25) is 0 Å². The molecule has 0 heterocycles. The predicted molar refractivity (Wildman–Crippen MR) is 85.6 cm³/mol. The second-order valence-corrected chi connectivity index (χ2v) is 6.31. The summed E-state index contributed by atoms with van der Waals surface area (Å²) in [5.74, 6) is 1.57. The highest BCUT2D eigenvalue weighted by atomic mass is 14.9. The normalized spacial score (nSPS) is 14.6. The summed E-state index contributed by atoms with van der Waals surface area (Å²) in [5.41, 5.74) is 2.95. The molecule has 0 aliphatic rings. The number of rotatable bonds is 8. The van der Waals surface area contributed by atoms with E-state index in [1.165, 1.54) is 30.4 Å². The molecular formula is C18H31N. The van der Waals surface area contributed by atoms with Crippen LogP contribution in [0, 0.1) is 18.8 Å². The van der Waals surface area contributed by atoms with Gasteiger partial charge in [-0.25, -0.2) is 0 Å². The largest absolute Gasteiger partial charge is 0.314 e. The first-order valence-electron chi connectivity index (χ1n) is 7.80. The number of hydrogen-bond acceptors (Lipinski definition) is 1. The van der Waals surface area contributed by atoms with E-state index in [4.69, 9.17) is 0 Å². The average molecular weight is 261 g/mol. The molecule has 0 spiro atoms. The molecule has 1 N–H and O–H groups in total. The maximum atomic E-state index is 3.61. The van der Waals surface area contributed by atoms with Crippen LogP contribution in [0.1, 0.15) is 51.7 Å². The van der Waals surface area contributed by atoms with E-state index in [0.29, 0.717) is 6.04 Å². The molecule has 2 unspecified atom stereocenters. The maximum absolute atomic E-state index is 3.61. The summed E-state index contributed by atoms with van der Waals surface area (Å²) in [6, 6.07) is 9.39. The van der Waals surface area contributed by atoms with Gasteiger partial charge in [0.15, 0.2) is 0 Å². The van der Waals surface area contributed by atoms with Crippen LogP contribution in [0.5, 0.6) is 0 Å². The Labute approximate surface area is 119 Å². The molecule has 1 heteroatoms. The third-order valence-electron chi connectivity index (χ3n) is 4.02. The molecule has 0 aliphatic carbocycles. The molecule has 0 saturated heterocycles. The van der Waals surface area contributed by atoms with Gasteiger partial charge < -0.3 is 5.32 Å². The molecule has 0 amide bonds. The van der Waals surface area contributed by atoms with Crippen LogP contribution in [-0.4, -0.2) is 12.6 Å². The average Bonchev–Trinajstić information content (AvgIpc) is 2.38. The van der Waals surface area contributed by atoms with Crippen molar-refractivity contribution in [3.05, 3.63) is 35.4 Å². The van der Waals surface area contributed by atoms with Crippen LogP contribution in [0.15, 0.2) is 24.3 Å². The summed E-state index contributed by atoms with van der Waals surface area (Å²) in [6.45, 7) is 12.5. The molecule has 0 aromatic heterocycles. The highest BCUT2D eigenvalue weighted by Gasteiger charge is 2.14. The second-order valence-electron chi connectivity index (χ2n) is 6.31. The summed E-state index contributed by atoms with van der Waals surface area (Å²) in [7, 11) is 0. The summed E-state index contributed by atoms with van der Waals surface area (Å²) >= 11 is 0. The molecule has 0 fully saturated rings. The Balaban J connectivity index is 2.64. The van der Waals surface area contributed by atoms with Crippen LogP contribution >= 0.6 is 0 Å². The van der Waals surface area contributed by atoms with Gasteiger partial charge in [-0.15, -0.1) is 0 Å². The first-order chi connectivity index (χ1) is 9.02. The Kier molecular flexibility index (Phi) is 7.15. The maximum Gasteiger partial charge on any atom is 0.00104 e. The van der Waals surface area contributed by atoms with Gasteiger partial charge in [-0.2, -0.15) is 0 Å². The van der Waals surface area contributed by atoms with Crippen molar-refractivity contribution in [2.24, 2.45) is 11.8 Å². The molecule has 19 heavy (non-hydrogen) atoms. The van der Waals surface area contributed by atoms with E-state index in [-0.39, 0.29) is 0 Å². The minimum Gasteiger partial charge on any atom is -0.314 e.